The molecule has 0 heterocycles. The first kappa shape index (κ1) is 24.1. The molecule has 0 spiro atoms. The van der Waals surface area contributed by atoms with Gasteiger partial charge in [-0.2, -0.15) is 0 Å². The van der Waals surface area contributed by atoms with Gasteiger partial charge >= 0.3 is 0 Å². The van der Waals surface area contributed by atoms with Crippen molar-refractivity contribution in [3.8, 4) is 0 Å². The van der Waals surface area contributed by atoms with E-state index in [-0.39, 0.29) is 23.0 Å². The minimum Gasteiger partial charge on any atom is -0.373 e. The first-order valence-corrected chi connectivity index (χ1v) is 14.0. The van der Waals surface area contributed by atoms with Gasteiger partial charge in [-0.1, -0.05) is 86.2 Å². The van der Waals surface area contributed by atoms with Gasteiger partial charge in [0.15, 0.2) is 0 Å². The number of ether oxygens (including phenoxy) is 2. The van der Waals surface area contributed by atoms with Crippen molar-refractivity contribution in [2.45, 2.75) is 84.2 Å². The standard InChI is InChI=1S/C33H40O3/c1-32-18-17-29-27(28(32)15-16-30(32)34)14-13-25-19-26(35-21-23-9-5-3-6-10-23)20-31(33(25,29)2)36-22-24-11-7-4-8-12-24/h3-13,26-29,31H,14-22H2,1-2H3/t26?,27-,28-,29-,31?,32-,33-/m0/s1. The Labute approximate surface area is 216 Å². The van der Waals surface area contributed by atoms with E-state index in [1.807, 2.05) is 0 Å². The van der Waals surface area contributed by atoms with E-state index in [1.54, 1.807) is 5.57 Å². The number of ketones is 1. The zero-order valence-electron chi connectivity index (χ0n) is 21.8. The summed E-state index contributed by atoms with van der Waals surface area (Å²) in [5, 5.41) is 0. The number of hydrogen-bond acceptors (Lipinski definition) is 3. The van der Waals surface area contributed by atoms with Gasteiger partial charge in [-0.3, -0.25) is 4.79 Å². The molecule has 4 aliphatic rings. The average molecular weight is 485 g/mol. The van der Waals surface area contributed by atoms with Gasteiger partial charge in [0, 0.05) is 23.7 Å². The molecule has 3 nitrogen and oxygen atoms in total. The van der Waals surface area contributed by atoms with Gasteiger partial charge in [0.25, 0.3) is 0 Å². The van der Waals surface area contributed by atoms with Crippen LogP contribution < -0.4 is 0 Å². The lowest BCUT2D eigenvalue weighted by atomic mass is 9.47. The monoisotopic (exact) mass is 484 g/mol. The van der Waals surface area contributed by atoms with Crippen LogP contribution in [0.4, 0.5) is 0 Å². The second-order valence-corrected chi connectivity index (χ2v) is 12.2. The van der Waals surface area contributed by atoms with Gasteiger partial charge in [0.05, 0.1) is 25.4 Å². The van der Waals surface area contributed by atoms with Crippen LogP contribution in [0.5, 0.6) is 0 Å². The Morgan fingerprint density at radius 3 is 2.22 bits per heavy atom. The molecule has 3 heteroatoms. The second-order valence-electron chi connectivity index (χ2n) is 12.2. The summed E-state index contributed by atoms with van der Waals surface area (Å²) < 4.78 is 13.4. The lowest BCUT2D eigenvalue weighted by Gasteiger charge is -2.59. The van der Waals surface area contributed by atoms with Crippen molar-refractivity contribution < 1.29 is 14.3 Å². The van der Waals surface area contributed by atoms with E-state index in [2.05, 4.69) is 80.6 Å². The predicted molar refractivity (Wildman–Crippen MR) is 142 cm³/mol. The van der Waals surface area contributed by atoms with E-state index in [0.29, 0.717) is 36.8 Å². The maximum atomic E-state index is 12.9. The van der Waals surface area contributed by atoms with Crippen LogP contribution in [0.15, 0.2) is 72.3 Å². The quantitative estimate of drug-likeness (QED) is 0.404. The predicted octanol–water partition coefficient (Wildman–Crippen LogP) is 7.30. The number of benzene rings is 2. The Kier molecular flexibility index (Phi) is 6.42. The summed E-state index contributed by atoms with van der Waals surface area (Å²) in [6.45, 7) is 6.03. The molecule has 190 valence electrons. The summed E-state index contributed by atoms with van der Waals surface area (Å²) in [6, 6.07) is 21.1. The topological polar surface area (TPSA) is 35.5 Å². The summed E-state index contributed by atoms with van der Waals surface area (Å²) in [4.78, 5) is 12.9. The first-order valence-electron chi connectivity index (χ1n) is 14.0. The molecule has 0 N–H and O–H groups in total. The maximum absolute atomic E-state index is 12.9. The van der Waals surface area contributed by atoms with E-state index >= 15 is 0 Å². The molecule has 6 rings (SSSR count). The fraction of sp³-hybridized carbons (Fsp3) is 0.545. The number of allylic oxidation sites excluding steroid dienone is 1. The minimum atomic E-state index is -0.0980. The maximum Gasteiger partial charge on any atom is 0.139 e. The van der Waals surface area contributed by atoms with Crippen molar-refractivity contribution in [2.75, 3.05) is 0 Å². The van der Waals surface area contributed by atoms with Crippen molar-refractivity contribution in [3.63, 3.8) is 0 Å². The molecular formula is C33H40O3. The number of fused-ring (bicyclic) bond motifs is 5. The molecule has 0 aliphatic heterocycles. The highest BCUT2D eigenvalue weighted by Crippen LogP contribution is 2.64. The fourth-order valence-corrected chi connectivity index (χ4v) is 8.36. The van der Waals surface area contributed by atoms with Gasteiger partial charge in [-0.25, -0.2) is 0 Å². The molecule has 0 bridgehead atoms. The number of Topliss-reactive ketones (excluding diaryl/α,β-unsaturated/α-hetero) is 1. The smallest absolute Gasteiger partial charge is 0.139 e. The third kappa shape index (κ3) is 4.09. The van der Waals surface area contributed by atoms with Crippen molar-refractivity contribution in [3.05, 3.63) is 83.4 Å². The van der Waals surface area contributed by atoms with Crippen LogP contribution in [-0.4, -0.2) is 18.0 Å². The average Bonchev–Trinajstić information content (AvgIpc) is 3.21. The third-order valence-electron chi connectivity index (χ3n) is 10.5. The van der Waals surface area contributed by atoms with E-state index in [0.717, 1.165) is 44.9 Å². The number of rotatable bonds is 6. The normalized spacial score (nSPS) is 37.6. The third-order valence-corrected chi connectivity index (χ3v) is 10.5. The Morgan fingerprint density at radius 2 is 1.53 bits per heavy atom. The molecule has 0 amide bonds. The lowest BCUT2D eigenvalue weighted by Crippen LogP contribution is -2.56. The zero-order valence-corrected chi connectivity index (χ0v) is 21.8. The summed E-state index contributed by atoms with van der Waals surface area (Å²) in [7, 11) is 0. The minimum absolute atomic E-state index is 0.0112. The number of carbonyl (C=O) groups excluding carboxylic acids is 1. The molecular weight excluding hydrogens is 444 g/mol. The van der Waals surface area contributed by atoms with Gasteiger partial charge < -0.3 is 9.47 Å². The van der Waals surface area contributed by atoms with E-state index in [4.69, 9.17) is 9.47 Å². The van der Waals surface area contributed by atoms with Crippen molar-refractivity contribution in [2.24, 2.45) is 28.6 Å². The van der Waals surface area contributed by atoms with Gasteiger partial charge in [0.2, 0.25) is 0 Å². The zero-order chi connectivity index (χ0) is 24.8. The SMILES string of the molecule is C[C@]12CC[C@H]3[C@@H](CC=C4CC(OCc5ccccc5)CC(OCc5ccccc5)[C@@]43C)[C@@H]1CCC2=O. The van der Waals surface area contributed by atoms with Crippen molar-refractivity contribution in [1.82, 2.24) is 0 Å². The Balaban J connectivity index is 1.27. The summed E-state index contributed by atoms with van der Waals surface area (Å²) in [5.41, 5.74) is 3.90. The van der Waals surface area contributed by atoms with E-state index in [1.165, 1.54) is 11.1 Å². The van der Waals surface area contributed by atoms with E-state index < -0.39 is 0 Å². The Bertz CT molecular complexity index is 1110. The lowest BCUT2D eigenvalue weighted by molar-refractivity contribution is -0.147. The van der Waals surface area contributed by atoms with Crippen LogP contribution in [-0.2, 0) is 27.5 Å². The van der Waals surface area contributed by atoms with Crippen LogP contribution in [0.25, 0.3) is 0 Å². The molecule has 0 saturated heterocycles. The molecule has 0 radical (unpaired) electrons. The molecule has 36 heavy (non-hydrogen) atoms. The molecule has 3 saturated carbocycles. The molecule has 3 fully saturated rings. The summed E-state index contributed by atoms with van der Waals surface area (Å²) in [5.74, 6) is 2.21. The Morgan fingerprint density at radius 1 is 0.861 bits per heavy atom. The fourth-order valence-electron chi connectivity index (χ4n) is 8.36. The van der Waals surface area contributed by atoms with Crippen LogP contribution >= 0.6 is 0 Å². The van der Waals surface area contributed by atoms with Crippen LogP contribution in [0.2, 0.25) is 0 Å². The van der Waals surface area contributed by atoms with Crippen molar-refractivity contribution in [1.29, 1.82) is 0 Å². The highest BCUT2D eigenvalue weighted by atomic mass is 16.5. The van der Waals surface area contributed by atoms with Gasteiger partial charge in [-0.05, 0) is 61.0 Å². The largest absolute Gasteiger partial charge is 0.373 e. The Hall–Kier alpha value is -2.23. The van der Waals surface area contributed by atoms with Crippen LogP contribution in [0.3, 0.4) is 0 Å². The van der Waals surface area contributed by atoms with Crippen LogP contribution in [0.1, 0.15) is 69.9 Å². The molecule has 4 aliphatic carbocycles. The van der Waals surface area contributed by atoms with Crippen LogP contribution in [0, 0.1) is 28.6 Å². The number of carbonyl (C=O) groups is 1. The van der Waals surface area contributed by atoms with Crippen molar-refractivity contribution >= 4 is 5.78 Å². The number of hydrogen-bond donors (Lipinski definition) is 0. The van der Waals surface area contributed by atoms with Gasteiger partial charge in [-0.15, -0.1) is 0 Å². The summed E-state index contributed by atoms with van der Waals surface area (Å²) in [6.07, 6.45) is 9.90. The first-order chi connectivity index (χ1) is 17.5. The highest BCUT2D eigenvalue weighted by Gasteiger charge is 2.61. The molecule has 0 aromatic heterocycles. The molecule has 2 unspecified atom stereocenters. The molecule has 2 aromatic carbocycles. The van der Waals surface area contributed by atoms with E-state index in [9.17, 15) is 4.79 Å². The second kappa shape index (κ2) is 9.58. The molecule has 2 aromatic rings. The van der Waals surface area contributed by atoms with Gasteiger partial charge in [0.1, 0.15) is 5.78 Å². The molecule has 7 atom stereocenters. The highest BCUT2D eigenvalue weighted by molar-refractivity contribution is 5.87. The summed E-state index contributed by atoms with van der Waals surface area (Å²) >= 11 is 0.